The molecule has 0 bridgehead atoms. The topological polar surface area (TPSA) is 128 Å². The fourth-order valence-electron chi connectivity index (χ4n) is 4.38. The number of hydrogen-bond donors (Lipinski definition) is 5. The highest BCUT2D eigenvalue weighted by atomic mass is 16.3. The Morgan fingerprint density at radius 3 is 2.43 bits per heavy atom. The first-order chi connectivity index (χ1) is 16.5. The van der Waals surface area contributed by atoms with E-state index in [-0.39, 0.29) is 23.6 Å². The van der Waals surface area contributed by atoms with Crippen molar-refractivity contribution in [2.75, 3.05) is 6.54 Å². The van der Waals surface area contributed by atoms with E-state index in [1.54, 1.807) is 19.1 Å². The number of aliphatic hydroxyl groups is 1. The minimum absolute atomic E-state index is 0.0152. The number of nitrogens with one attached hydrogen (secondary N) is 3. The molecule has 3 rings (SSSR count). The molecule has 5 N–H and O–H groups in total. The van der Waals surface area contributed by atoms with Crippen LogP contribution in [0.5, 0.6) is 5.75 Å². The number of carbonyl (C=O) groups is 3. The summed E-state index contributed by atoms with van der Waals surface area (Å²) in [6.07, 6.45) is -0.891. The number of Topliss-reactive ketones (excluding diaryl/α,β-unsaturated/α-hetero) is 1. The highest BCUT2D eigenvalue weighted by Gasteiger charge is 2.42. The fraction of sp³-hybridized carbons (Fsp3) is 0.444. The maximum atomic E-state index is 13.4. The molecule has 0 aliphatic carbocycles. The standard InChI is InChI=1S/C27H35N3O5/c1-16-18(11-8-12-21(16)31)25(34)29-20(15-17-9-6-5-7-10-17)24(33)23(32)19-13-14-28-22(19)26(35)30-27(2,3)4/h5-12,19-20,22,24,28,31,33H,13-15H2,1-4H3,(H,29,34)(H,30,35)/t19?,20-,22-,24-/m0/s1. The summed E-state index contributed by atoms with van der Waals surface area (Å²) in [5, 5.41) is 29.9. The molecule has 2 aromatic rings. The van der Waals surface area contributed by atoms with Crippen LogP contribution in [0.3, 0.4) is 0 Å². The Bertz CT molecular complexity index is 1060. The van der Waals surface area contributed by atoms with Crippen LogP contribution in [-0.2, 0) is 16.0 Å². The van der Waals surface area contributed by atoms with Gasteiger partial charge in [-0.25, -0.2) is 0 Å². The van der Waals surface area contributed by atoms with Crippen LogP contribution >= 0.6 is 0 Å². The van der Waals surface area contributed by atoms with Crippen molar-refractivity contribution in [3.8, 4) is 5.75 Å². The predicted molar refractivity (Wildman–Crippen MR) is 133 cm³/mol. The molecule has 8 nitrogen and oxygen atoms in total. The zero-order valence-corrected chi connectivity index (χ0v) is 20.7. The first-order valence-electron chi connectivity index (χ1n) is 11.9. The minimum atomic E-state index is -1.52. The number of phenols is 1. The van der Waals surface area contributed by atoms with Gasteiger partial charge in [-0.15, -0.1) is 0 Å². The number of phenolic OH excluding ortho intramolecular Hbond substituents is 1. The van der Waals surface area contributed by atoms with Crippen LogP contribution in [0.2, 0.25) is 0 Å². The van der Waals surface area contributed by atoms with E-state index in [1.807, 2.05) is 51.1 Å². The molecule has 0 aromatic heterocycles. The van der Waals surface area contributed by atoms with Gasteiger partial charge >= 0.3 is 0 Å². The summed E-state index contributed by atoms with van der Waals surface area (Å²) in [6, 6.07) is 12.2. The van der Waals surface area contributed by atoms with Crippen LogP contribution in [0.1, 0.15) is 48.7 Å². The van der Waals surface area contributed by atoms with Crippen LogP contribution in [0.25, 0.3) is 0 Å². The molecule has 1 unspecified atom stereocenters. The number of carbonyl (C=O) groups excluding carboxylic acids is 3. The summed E-state index contributed by atoms with van der Waals surface area (Å²) in [4.78, 5) is 39.3. The number of hydrogen-bond acceptors (Lipinski definition) is 6. The Morgan fingerprint density at radius 1 is 1.09 bits per heavy atom. The van der Waals surface area contributed by atoms with Gasteiger partial charge in [0, 0.05) is 22.6 Å². The first-order valence-corrected chi connectivity index (χ1v) is 11.9. The number of aromatic hydroxyl groups is 1. The van der Waals surface area contributed by atoms with Crippen molar-refractivity contribution in [1.29, 1.82) is 0 Å². The molecule has 1 aliphatic heterocycles. The zero-order valence-electron chi connectivity index (χ0n) is 20.7. The number of amides is 2. The number of ketones is 1. The molecule has 0 saturated carbocycles. The second kappa shape index (κ2) is 11.0. The van der Waals surface area contributed by atoms with Crippen LogP contribution < -0.4 is 16.0 Å². The van der Waals surface area contributed by atoms with E-state index < -0.39 is 41.3 Å². The van der Waals surface area contributed by atoms with Gasteiger partial charge in [-0.05, 0) is 64.8 Å². The summed E-state index contributed by atoms with van der Waals surface area (Å²) in [5.41, 5.74) is 1.04. The van der Waals surface area contributed by atoms with Crippen LogP contribution in [-0.4, -0.2) is 58.1 Å². The largest absolute Gasteiger partial charge is 0.508 e. The van der Waals surface area contributed by atoms with Crippen LogP contribution in [0.4, 0.5) is 0 Å². The Labute approximate surface area is 206 Å². The molecule has 35 heavy (non-hydrogen) atoms. The van der Waals surface area contributed by atoms with E-state index in [9.17, 15) is 24.6 Å². The minimum Gasteiger partial charge on any atom is -0.508 e. The lowest BCUT2D eigenvalue weighted by Crippen LogP contribution is -2.55. The lowest BCUT2D eigenvalue weighted by molar-refractivity contribution is -0.136. The van der Waals surface area contributed by atoms with Crippen LogP contribution in [0.15, 0.2) is 48.5 Å². The molecule has 1 heterocycles. The molecule has 1 aliphatic rings. The van der Waals surface area contributed by atoms with Gasteiger partial charge in [0.15, 0.2) is 5.78 Å². The summed E-state index contributed by atoms with van der Waals surface area (Å²) in [7, 11) is 0. The van der Waals surface area contributed by atoms with E-state index in [2.05, 4.69) is 16.0 Å². The Balaban J connectivity index is 1.83. The SMILES string of the molecule is Cc1c(O)cccc1C(=O)N[C@@H](Cc1ccccc1)[C@H](O)C(=O)C1CCN[C@@H]1C(=O)NC(C)(C)C. The van der Waals surface area contributed by atoms with Gasteiger partial charge in [0.1, 0.15) is 11.9 Å². The third-order valence-electron chi connectivity index (χ3n) is 6.21. The molecule has 0 radical (unpaired) electrons. The molecule has 4 atom stereocenters. The van der Waals surface area contributed by atoms with Crippen molar-refractivity contribution in [3.63, 3.8) is 0 Å². The van der Waals surface area contributed by atoms with E-state index in [4.69, 9.17) is 0 Å². The number of rotatable bonds is 8. The third-order valence-corrected chi connectivity index (χ3v) is 6.21. The van der Waals surface area contributed by atoms with Crippen molar-refractivity contribution < 1.29 is 24.6 Å². The van der Waals surface area contributed by atoms with Crippen molar-refractivity contribution in [3.05, 3.63) is 65.2 Å². The highest BCUT2D eigenvalue weighted by Crippen LogP contribution is 2.23. The fourth-order valence-corrected chi connectivity index (χ4v) is 4.38. The van der Waals surface area contributed by atoms with E-state index in [1.165, 1.54) is 6.07 Å². The summed E-state index contributed by atoms with van der Waals surface area (Å²) in [5.74, 6) is -2.01. The zero-order chi connectivity index (χ0) is 25.8. The van der Waals surface area contributed by atoms with Gasteiger partial charge in [-0.2, -0.15) is 0 Å². The van der Waals surface area contributed by atoms with Crippen molar-refractivity contribution in [2.24, 2.45) is 5.92 Å². The van der Waals surface area contributed by atoms with Gasteiger partial charge in [0.25, 0.3) is 5.91 Å². The second-order valence-corrected chi connectivity index (χ2v) is 10.1. The number of benzene rings is 2. The average molecular weight is 482 g/mol. The van der Waals surface area contributed by atoms with Gasteiger partial charge in [0.2, 0.25) is 5.91 Å². The molecule has 8 heteroatoms. The third kappa shape index (κ3) is 6.68. The molecule has 2 aromatic carbocycles. The van der Waals surface area contributed by atoms with Gasteiger partial charge in [0.05, 0.1) is 12.1 Å². The Hall–Kier alpha value is -3.23. The summed E-state index contributed by atoms with van der Waals surface area (Å²) in [6.45, 7) is 7.69. The maximum Gasteiger partial charge on any atom is 0.252 e. The second-order valence-electron chi connectivity index (χ2n) is 10.1. The van der Waals surface area contributed by atoms with E-state index >= 15 is 0 Å². The Morgan fingerprint density at radius 2 is 1.77 bits per heavy atom. The molecule has 0 spiro atoms. The Kier molecular flexibility index (Phi) is 8.30. The molecule has 188 valence electrons. The lowest BCUT2D eigenvalue weighted by Gasteiger charge is -2.29. The van der Waals surface area contributed by atoms with Crippen LogP contribution in [0, 0.1) is 12.8 Å². The monoisotopic (exact) mass is 481 g/mol. The molecule has 1 saturated heterocycles. The molecular formula is C27H35N3O5. The highest BCUT2D eigenvalue weighted by molar-refractivity contribution is 5.98. The average Bonchev–Trinajstić information content (AvgIpc) is 3.29. The normalized spacial score (nSPS) is 19.6. The van der Waals surface area contributed by atoms with E-state index in [0.717, 1.165) is 5.56 Å². The summed E-state index contributed by atoms with van der Waals surface area (Å²) < 4.78 is 0. The smallest absolute Gasteiger partial charge is 0.252 e. The van der Waals surface area contributed by atoms with Gasteiger partial charge in [-0.1, -0.05) is 36.4 Å². The maximum absolute atomic E-state index is 13.4. The van der Waals surface area contributed by atoms with Crippen molar-refractivity contribution in [2.45, 2.75) is 64.3 Å². The molecule has 2 amide bonds. The predicted octanol–water partition coefficient (Wildman–Crippen LogP) is 1.86. The molecular weight excluding hydrogens is 446 g/mol. The number of aliphatic hydroxyl groups excluding tert-OH is 1. The van der Waals surface area contributed by atoms with Gasteiger partial charge < -0.3 is 26.2 Å². The molecule has 1 fully saturated rings. The van der Waals surface area contributed by atoms with Gasteiger partial charge in [-0.3, -0.25) is 14.4 Å². The van der Waals surface area contributed by atoms with E-state index in [0.29, 0.717) is 18.5 Å². The quantitative estimate of drug-likeness (QED) is 0.392. The summed E-state index contributed by atoms with van der Waals surface area (Å²) >= 11 is 0. The van der Waals surface area contributed by atoms with Crippen molar-refractivity contribution in [1.82, 2.24) is 16.0 Å². The first kappa shape index (κ1) is 26.4. The van der Waals surface area contributed by atoms with Crippen molar-refractivity contribution >= 4 is 17.6 Å². The lowest BCUT2D eigenvalue weighted by atomic mass is 9.87.